The van der Waals surface area contributed by atoms with E-state index in [0.29, 0.717) is 18.5 Å². The third-order valence-electron chi connectivity index (χ3n) is 8.85. The molecular formula is C34H49N5O9S. The minimum Gasteiger partial charge on any atom is -0.444 e. The highest BCUT2D eigenvalue weighted by Crippen LogP contribution is 2.45. The summed E-state index contributed by atoms with van der Waals surface area (Å²) in [4.78, 5) is 68.8. The van der Waals surface area contributed by atoms with Gasteiger partial charge in [0, 0.05) is 18.0 Å². The molecule has 2 saturated carbocycles. The third kappa shape index (κ3) is 8.91. The number of para-hydroxylation sites is 1. The molecule has 3 aliphatic rings. The number of ether oxygens (including phenoxy) is 2. The summed E-state index contributed by atoms with van der Waals surface area (Å²) in [6.45, 7) is 17.5. The summed E-state index contributed by atoms with van der Waals surface area (Å²) in [5, 5.41) is 7.43. The van der Waals surface area contributed by atoms with Crippen molar-refractivity contribution in [2.45, 2.75) is 116 Å². The van der Waals surface area contributed by atoms with Crippen molar-refractivity contribution in [3.05, 3.63) is 42.0 Å². The van der Waals surface area contributed by atoms with Crippen LogP contribution in [0.25, 0.3) is 0 Å². The Hall–Kier alpha value is -4.14. The largest absolute Gasteiger partial charge is 0.444 e. The van der Waals surface area contributed by atoms with Crippen LogP contribution in [0, 0.1) is 25.2 Å². The van der Waals surface area contributed by atoms with E-state index < -0.39 is 85.8 Å². The van der Waals surface area contributed by atoms with E-state index in [1.165, 1.54) is 11.0 Å². The van der Waals surface area contributed by atoms with Crippen LogP contribution >= 0.6 is 0 Å². The molecule has 1 saturated heterocycles. The zero-order valence-corrected chi connectivity index (χ0v) is 30.3. The normalized spacial score (nSPS) is 24.2. The van der Waals surface area contributed by atoms with Crippen LogP contribution in [0.4, 0.5) is 15.3 Å². The minimum atomic E-state index is -3.91. The Balaban J connectivity index is 1.60. The van der Waals surface area contributed by atoms with Gasteiger partial charge in [0.2, 0.25) is 21.8 Å². The summed E-state index contributed by atoms with van der Waals surface area (Å²) < 4.78 is 38.4. The van der Waals surface area contributed by atoms with E-state index in [2.05, 4.69) is 27.3 Å². The molecule has 5 amide bonds. The molecule has 1 aliphatic heterocycles. The quantitative estimate of drug-likeness (QED) is 0.265. The molecule has 0 spiro atoms. The first-order valence-corrected chi connectivity index (χ1v) is 18.0. The summed E-state index contributed by atoms with van der Waals surface area (Å²) in [7, 11) is -3.91. The maximum Gasteiger partial charge on any atom is 0.411 e. The maximum atomic E-state index is 14.3. The van der Waals surface area contributed by atoms with Gasteiger partial charge >= 0.3 is 12.2 Å². The number of amides is 5. The van der Waals surface area contributed by atoms with Gasteiger partial charge in [0.05, 0.1) is 11.8 Å². The molecule has 5 atom stereocenters. The highest BCUT2D eigenvalue weighted by molar-refractivity contribution is 7.91. The van der Waals surface area contributed by atoms with Crippen molar-refractivity contribution in [3.63, 3.8) is 0 Å². The Kier molecular flexibility index (Phi) is 10.5. The first-order chi connectivity index (χ1) is 22.6. The molecule has 0 radical (unpaired) electrons. The Morgan fingerprint density at radius 1 is 1.02 bits per heavy atom. The van der Waals surface area contributed by atoms with Crippen LogP contribution in [0.1, 0.15) is 78.4 Å². The number of aryl methyl sites for hydroxylation is 2. The SMILES string of the molecule is C=CC1CC1(NC(=O)[C@@H]1C[C@@H](OC(=O)Nc2c(C)cccc2C)CN1C(=O)[C@@H](NC(=O)OC(C)(C)C)C(C)(C)C)C(=O)NS(=O)(=O)C1CC1. The Morgan fingerprint density at radius 3 is 2.14 bits per heavy atom. The van der Waals surface area contributed by atoms with Crippen molar-refractivity contribution in [3.8, 4) is 0 Å². The minimum absolute atomic E-state index is 0.109. The summed E-state index contributed by atoms with van der Waals surface area (Å²) in [5.74, 6) is -2.82. The van der Waals surface area contributed by atoms with Gasteiger partial charge in [-0.2, -0.15) is 0 Å². The molecule has 15 heteroatoms. The number of sulfonamides is 1. The fraction of sp³-hybridized carbons (Fsp3) is 0.618. The molecule has 1 aromatic carbocycles. The van der Waals surface area contributed by atoms with Gasteiger partial charge in [-0.3, -0.25) is 24.4 Å². The van der Waals surface area contributed by atoms with Crippen molar-refractivity contribution in [1.29, 1.82) is 0 Å². The van der Waals surface area contributed by atoms with E-state index in [4.69, 9.17) is 9.47 Å². The molecule has 0 bridgehead atoms. The van der Waals surface area contributed by atoms with E-state index in [1.807, 2.05) is 32.0 Å². The lowest BCUT2D eigenvalue weighted by atomic mass is 9.85. The topological polar surface area (TPSA) is 189 Å². The number of alkyl carbamates (subject to hydrolysis) is 1. The van der Waals surface area contributed by atoms with E-state index in [0.717, 1.165) is 11.1 Å². The monoisotopic (exact) mass is 703 g/mol. The number of hydrogen-bond donors (Lipinski definition) is 4. The number of carbonyl (C=O) groups excluding carboxylic acids is 5. The van der Waals surface area contributed by atoms with Gasteiger partial charge in [-0.15, -0.1) is 6.58 Å². The molecule has 4 N–H and O–H groups in total. The van der Waals surface area contributed by atoms with Crippen LogP contribution in [-0.2, 0) is 33.9 Å². The van der Waals surface area contributed by atoms with Crippen LogP contribution in [0.3, 0.4) is 0 Å². The second kappa shape index (κ2) is 13.6. The number of carbonyl (C=O) groups is 5. The molecular weight excluding hydrogens is 654 g/mol. The lowest BCUT2D eigenvalue weighted by Gasteiger charge is -2.36. The Morgan fingerprint density at radius 2 is 1.63 bits per heavy atom. The second-order valence-corrected chi connectivity index (χ2v) is 17.2. The van der Waals surface area contributed by atoms with Crippen molar-refractivity contribution in [2.75, 3.05) is 11.9 Å². The zero-order chi connectivity index (χ0) is 36.7. The number of benzene rings is 1. The van der Waals surface area contributed by atoms with Crippen LogP contribution < -0.4 is 20.7 Å². The fourth-order valence-corrected chi connectivity index (χ4v) is 7.29. The average Bonchev–Trinajstić information content (AvgIpc) is 3.89. The number of nitrogens with one attached hydrogen (secondary N) is 4. The second-order valence-electron chi connectivity index (χ2n) is 15.3. The van der Waals surface area contributed by atoms with E-state index >= 15 is 0 Å². The predicted octanol–water partition coefficient (Wildman–Crippen LogP) is 3.43. The summed E-state index contributed by atoms with van der Waals surface area (Å²) in [6, 6.07) is 3.11. The van der Waals surface area contributed by atoms with E-state index in [-0.39, 0.29) is 19.4 Å². The molecule has 2 aliphatic carbocycles. The summed E-state index contributed by atoms with van der Waals surface area (Å²) in [5.41, 5.74) is -1.09. The molecule has 14 nitrogen and oxygen atoms in total. The van der Waals surface area contributed by atoms with Crippen molar-refractivity contribution in [2.24, 2.45) is 11.3 Å². The maximum absolute atomic E-state index is 14.3. The molecule has 4 rings (SSSR count). The van der Waals surface area contributed by atoms with Gasteiger partial charge < -0.3 is 25.0 Å². The lowest BCUT2D eigenvalue weighted by molar-refractivity contribution is -0.143. The molecule has 49 heavy (non-hydrogen) atoms. The Labute approximate surface area is 288 Å². The van der Waals surface area contributed by atoms with E-state index in [9.17, 15) is 32.4 Å². The number of nitrogens with zero attached hydrogens (tertiary/aromatic N) is 1. The molecule has 0 aromatic heterocycles. The Bertz CT molecular complexity index is 1610. The van der Waals surface area contributed by atoms with Gasteiger partial charge in [0.1, 0.15) is 29.3 Å². The highest BCUT2D eigenvalue weighted by atomic mass is 32.2. The first kappa shape index (κ1) is 37.7. The van der Waals surface area contributed by atoms with Gasteiger partial charge in [-0.25, -0.2) is 18.0 Å². The number of anilines is 1. The fourth-order valence-electron chi connectivity index (χ4n) is 5.93. The molecule has 3 fully saturated rings. The van der Waals surface area contributed by atoms with Crippen molar-refractivity contribution < 1.29 is 41.9 Å². The standard InChI is InChI=1S/C34H49N5O9S/c1-10-21-17-34(21,29(42)38-49(45,46)23-14-15-23)37-27(40)24-16-22(47-30(43)35-25-19(2)12-11-13-20(25)3)18-39(24)28(41)26(32(4,5)6)36-31(44)48-33(7,8)9/h10-13,21-24,26H,1,14-18H2,2-9H3,(H,35,43)(H,36,44)(H,37,40)(H,38,42)/t21?,22-,24+,26-,34?/m1/s1. The zero-order valence-electron chi connectivity index (χ0n) is 29.5. The van der Waals surface area contributed by atoms with Crippen molar-refractivity contribution in [1.82, 2.24) is 20.3 Å². The van der Waals surface area contributed by atoms with Crippen molar-refractivity contribution >= 4 is 45.6 Å². The highest BCUT2D eigenvalue weighted by Gasteiger charge is 2.62. The first-order valence-electron chi connectivity index (χ1n) is 16.4. The van der Waals surface area contributed by atoms with Crippen LogP contribution in [-0.4, -0.2) is 84.3 Å². The van der Waals surface area contributed by atoms with Crippen LogP contribution in [0.5, 0.6) is 0 Å². The summed E-state index contributed by atoms with van der Waals surface area (Å²) >= 11 is 0. The van der Waals surface area contributed by atoms with Crippen LogP contribution in [0.15, 0.2) is 30.9 Å². The smallest absolute Gasteiger partial charge is 0.411 e. The van der Waals surface area contributed by atoms with Crippen LogP contribution in [0.2, 0.25) is 0 Å². The average molecular weight is 704 g/mol. The molecule has 1 heterocycles. The molecule has 1 aromatic rings. The number of hydrogen-bond acceptors (Lipinski definition) is 9. The summed E-state index contributed by atoms with van der Waals surface area (Å²) in [6.07, 6.45) is -0.235. The van der Waals surface area contributed by atoms with Gasteiger partial charge in [0.25, 0.3) is 5.91 Å². The van der Waals surface area contributed by atoms with Gasteiger partial charge in [-0.1, -0.05) is 45.0 Å². The predicted molar refractivity (Wildman–Crippen MR) is 182 cm³/mol. The van der Waals surface area contributed by atoms with Gasteiger partial charge in [-0.05, 0) is 70.4 Å². The number of likely N-dealkylation sites (tertiary alicyclic amines) is 1. The van der Waals surface area contributed by atoms with E-state index in [1.54, 1.807) is 41.5 Å². The lowest BCUT2D eigenvalue weighted by Crippen LogP contribution is -2.60. The molecule has 270 valence electrons. The van der Waals surface area contributed by atoms with Gasteiger partial charge in [0.15, 0.2) is 0 Å². The number of rotatable bonds is 10. The third-order valence-corrected chi connectivity index (χ3v) is 10.7. The molecule has 2 unspecified atom stereocenters.